The van der Waals surface area contributed by atoms with Gasteiger partial charge in [-0.05, 0) is 37.7 Å². The minimum atomic E-state index is -0.432. The van der Waals surface area contributed by atoms with Crippen LogP contribution in [0.1, 0.15) is 43.7 Å². The summed E-state index contributed by atoms with van der Waals surface area (Å²) in [7, 11) is 0. The molecule has 3 aliphatic rings. The van der Waals surface area contributed by atoms with Crippen LogP contribution in [0.25, 0.3) is 0 Å². The maximum absolute atomic E-state index is 12.6. The zero-order valence-electron chi connectivity index (χ0n) is 10.3. The molecule has 3 fully saturated rings. The number of ether oxygens (including phenoxy) is 1. The molecule has 2 unspecified atom stereocenters. The van der Waals surface area contributed by atoms with Crippen molar-refractivity contribution in [2.75, 3.05) is 0 Å². The molecule has 2 heterocycles. The molecule has 94 valence electrons. The Morgan fingerprint density at radius 2 is 1.94 bits per heavy atom. The summed E-state index contributed by atoms with van der Waals surface area (Å²) in [6.45, 7) is 0. The number of rotatable bonds is 1. The van der Waals surface area contributed by atoms with Crippen molar-refractivity contribution in [3.05, 3.63) is 35.9 Å². The van der Waals surface area contributed by atoms with E-state index in [-0.39, 0.29) is 18.2 Å². The van der Waals surface area contributed by atoms with E-state index >= 15 is 0 Å². The van der Waals surface area contributed by atoms with E-state index in [4.69, 9.17) is 4.74 Å². The first kappa shape index (κ1) is 10.6. The first-order chi connectivity index (χ1) is 8.80. The van der Waals surface area contributed by atoms with E-state index in [9.17, 15) is 4.79 Å². The fraction of sp³-hybridized carbons (Fsp3) is 0.533. The first-order valence-corrected chi connectivity index (χ1v) is 6.86. The second-order valence-electron chi connectivity index (χ2n) is 5.64. The summed E-state index contributed by atoms with van der Waals surface area (Å²) in [5.74, 6) is 0.241. The summed E-state index contributed by atoms with van der Waals surface area (Å²) in [5.41, 5.74) is 0.811. The third-order valence-corrected chi connectivity index (χ3v) is 4.66. The standard InChI is InChI=1S/C15H17NO2/c17-14-15(9-4-10-15)18-13-8-7-12(16(13)14)11-5-2-1-3-6-11/h1-3,5-6,12-13H,4,7-10H2. The monoisotopic (exact) mass is 243 g/mol. The van der Waals surface area contributed by atoms with Crippen LogP contribution in [0.15, 0.2) is 30.3 Å². The number of hydrogen-bond acceptors (Lipinski definition) is 2. The zero-order chi connectivity index (χ0) is 12.2. The molecule has 0 aromatic heterocycles. The molecule has 2 aliphatic heterocycles. The highest BCUT2D eigenvalue weighted by atomic mass is 16.6. The van der Waals surface area contributed by atoms with Crippen LogP contribution in [-0.2, 0) is 9.53 Å². The van der Waals surface area contributed by atoms with E-state index < -0.39 is 5.60 Å². The van der Waals surface area contributed by atoms with Crippen LogP contribution in [-0.4, -0.2) is 22.6 Å². The number of amides is 1. The van der Waals surface area contributed by atoms with Crippen molar-refractivity contribution in [3.63, 3.8) is 0 Å². The van der Waals surface area contributed by atoms with E-state index in [1.165, 1.54) is 5.56 Å². The summed E-state index contributed by atoms with van der Waals surface area (Å²) in [4.78, 5) is 14.6. The Morgan fingerprint density at radius 1 is 1.17 bits per heavy atom. The van der Waals surface area contributed by atoms with Crippen LogP contribution >= 0.6 is 0 Å². The minimum absolute atomic E-state index is 0.0306. The second-order valence-corrected chi connectivity index (χ2v) is 5.64. The third kappa shape index (κ3) is 1.25. The Labute approximate surface area is 107 Å². The molecule has 1 spiro atoms. The van der Waals surface area contributed by atoms with Gasteiger partial charge in [-0.1, -0.05) is 30.3 Å². The predicted octanol–water partition coefficient (Wildman–Crippen LogP) is 2.63. The Balaban J connectivity index is 1.67. The van der Waals surface area contributed by atoms with Crippen molar-refractivity contribution in [3.8, 4) is 0 Å². The molecule has 4 rings (SSSR count). The lowest BCUT2D eigenvalue weighted by atomic mass is 9.79. The van der Waals surface area contributed by atoms with Gasteiger partial charge in [-0.3, -0.25) is 4.79 Å². The Bertz CT molecular complexity index is 481. The molecule has 0 bridgehead atoms. The van der Waals surface area contributed by atoms with Crippen LogP contribution in [0.2, 0.25) is 0 Å². The molecule has 1 saturated carbocycles. The SMILES string of the molecule is O=C1N2C(CCC2c2ccccc2)OC12CCC2. The Hall–Kier alpha value is -1.35. The van der Waals surface area contributed by atoms with Crippen LogP contribution in [0.5, 0.6) is 0 Å². The summed E-state index contributed by atoms with van der Waals surface area (Å²) in [6.07, 6.45) is 5.00. The van der Waals surface area contributed by atoms with Gasteiger partial charge in [0.25, 0.3) is 5.91 Å². The zero-order valence-corrected chi connectivity index (χ0v) is 10.3. The molecular formula is C15H17NO2. The average Bonchev–Trinajstić information content (AvgIpc) is 2.88. The molecule has 0 N–H and O–H groups in total. The highest BCUT2D eigenvalue weighted by Gasteiger charge is 2.59. The molecule has 1 amide bonds. The molecule has 1 aromatic rings. The molecule has 18 heavy (non-hydrogen) atoms. The molecule has 2 atom stereocenters. The topological polar surface area (TPSA) is 29.5 Å². The number of hydrogen-bond donors (Lipinski definition) is 0. The van der Waals surface area contributed by atoms with Gasteiger partial charge in [0.2, 0.25) is 0 Å². The van der Waals surface area contributed by atoms with Gasteiger partial charge in [-0.25, -0.2) is 0 Å². The molecule has 0 radical (unpaired) electrons. The van der Waals surface area contributed by atoms with Crippen LogP contribution in [0.4, 0.5) is 0 Å². The lowest BCUT2D eigenvalue weighted by molar-refractivity contribution is -0.147. The van der Waals surface area contributed by atoms with Crippen molar-refractivity contribution in [1.29, 1.82) is 0 Å². The average molecular weight is 243 g/mol. The van der Waals surface area contributed by atoms with Crippen molar-refractivity contribution in [1.82, 2.24) is 4.90 Å². The van der Waals surface area contributed by atoms with Gasteiger partial charge in [-0.2, -0.15) is 0 Å². The molecular weight excluding hydrogens is 226 g/mol. The maximum Gasteiger partial charge on any atom is 0.257 e. The number of nitrogens with zero attached hydrogens (tertiary/aromatic N) is 1. The van der Waals surface area contributed by atoms with E-state index in [1.54, 1.807) is 0 Å². The molecule has 2 saturated heterocycles. The van der Waals surface area contributed by atoms with E-state index in [2.05, 4.69) is 12.1 Å². The third-order valence-electron chi connectivity index (χ3n) is 4.66. The highest BCUT2D eigenvalue weighted by molar-refractivity contribution is 5.88. The molecule has 1 aliphatic carbocycles. The minimum Gasteiger partial charge on any atom is -0.342 e. The lowest BCUT2D eigenvalue weighted by Crippen LogP contribution is -2.46. The van der Waals surface area contributed by atoms with Gasteiger partial charge < -0.3 is 9.64 Å². The number of carbonyl (C=O) groups is 1. The molecule has 1 aromatic carbocycles. The predicted molar refractivity (Wildman–Crippen MR) is 66.7 cm³/mol. The van der Waals surface area contributed by atoms with Crippen molar-refractivity contribution in [2.45, 2.75) is 50.0 Å². The smallest absolute Gasteiger partial charge is 0.257 e. The number of carbonyl (C=O) groups excluding carboxylic acids is 1. The normalized spacial score (nSPS) is 32.7. The van der Waals surface area contributed by atoms with Crippen LogP contribution in [0, 0.1) is 0 Å². The number of benzene rings is 1. The summed E-state index contributed by atoms with van der Waals surface area (Å²) in [5, 5.41) is 0. The summed E-state index contributed by atoms with van der Waals surface area (Å²) >= 11 is 0. The fourth-order valence-corrected chi connectivity index (χ4v) is 3.55. The van der Waals surface area contributed by atoms with Gasteiger partial charge in [0.15, 0.2) is 0 Å². The van der Waals surface area contributed by atoms with Gasteiger partial charge in [-0.15, -0.1) is 0 Å². The van der Waals surface area contributed by atoms with Crippen molar-refractivity contribution >= 4 is 5.91 Å². The van der Waals surface area contributed by atoms with Gasteiger partial charge in [0, 0.05) is 0 Å². The summed E-state index contributed by atoms with van der Waals surface area (Å²) in [6, 6.07) is 10.6. The number of fused-ring (bicyclic) bond motifs is 1. The van der Waals surface area contributed by atoms with E-state index in [0.29, 0.717) is 0 Å². The van der Waals surface area contributed by atoms with Crippen LogP contribution < -0.4 is 0 Å². The van der Waals surface area contributed by atoms with Gasteiger partial charge >= 0.3 is 0 Å². The van der Waals surface area contributed by atoms with Crippen LogP contribution in [0.3, 0.4) is 0 Å². The molecule has 3 nitrogen and oxygen atoms in total. The van der Waals surface area contributed by atoms with Crippen molar-refractivity contribution < 1.29 is 9.53 Å². The second kappa shape index (κ2) is 3.58. The van der Waals surface area contributed by atoms with E-state index in [1.807, 2.05) is 23.1 Å². The quantitative estimate of drug-likeness (QED) is 0.759. The lowest BCUT2D eigenvalue weighted by Gasteiger charge is -2.35. The largest absolute Gasteiger partial charge is 0.342 e. The Morgan fingerprint density at radius 3 is 2.61 bits per heavy atom. The highest BCUT2D eigenvalue weighted by Crippen LogP contribution is 2.50. The summed E-state index contributed by atoms with van der Waals surface area (Å²) < 4.78 is 6.05. The molecule has 3 heteroatoms. The van der Waals surface area contributed by atoms with Gasteiger partial charge in [0.1, 0.15) is 11.8 Å². The van der Waals surface area contributed by atoms with Gasteiger partial charge in [0.05, 0.1) is 6.04 Å². The first-order valence-electron chi connectivity index (χ1n) is 6.86. The fourth-order valence-electron chi connectivity index (χ4n) is 3.55. The maximum atomic E-state index is 12.6. The van der Waals surface area contributed by atoms with Crippen molar-refractivity contribution in [2.24, 2.45) is 0 Å². The van der Waals surface area contributed by atoms with E-state index in [0.717, 1.165) is 32.1 Å². The Kier molecular flexibility index (Phi) is 2.10.